The molecule has 0 aromatic heterocycles. The molecule has 20 heavy (non-hydrogen) atoms. The number of ether oxygens (including phenoxy) is 4. The van der Waals surface area contributed by atoms with Crippen molar-refractivity contribution >= 4 is 17.7 Å². The molecule has 0 heterocycles. The van der Waals surface area contributed by atoms with Gasteiger partial charge in [-0.1, -0.05) is 0 Å². The lowest BCUT2D eigenvalue weighted by molar-refractivity contribution is -0.146. The first-order valence-corrected chi connectivity index (χ1v) is 6.20. The van der Waals surface area contributed by atoms with Crippen LogP contribution >= 0.6 is 0 Å². The zero-order valence-electron chi connectivity index (χ0n) is 12.6. The molecular formula is C13H24O7. The summed E-state index contributed by atoms with van der Waals surface area (Å²) < 4.78 is 18.5. The Hall–Kier alpha value is -1.47. The van der Waals surface area contributed by atoms with Crippen molar-refractivity contribution in [1.29, 1.82) is 0 Å². The second-order valence-electron chi connectivity index (χ2n) is 3.75. The van der Waals surface area contributed by atoms with Crippen molar-refractivity contribution in [3.63, 3.8) is 0 Å². The lowest BCUT2D eigenvalue weighted by atomic mass is 10.2. The predicted octanol–water partition coefficient (Wildman–Crippen LogP) is 0.741. The summed E-state index contributed by atoms with van der Waals surface area (Å²) in [5, 5.41) is 0. The molecule has 0 saturated carbocycles. The Kier molecular flexibility index (Phi) is 16.2. The first kappa shape index (κ1) is 20.8. The maximum atomic E-state index is 10.8. The van der Waals surface area contributed by atoms with Crippen LogP contribution in [0.25, 0.3) is 0 Å². The molecule has 0 aromatic rings. The summed E-state index contributed by atoms with van der Waals surface area (Å²) in [5.41, 5.74) is 0. The van der Waals surface area contributed by atoms with Crippen molar-refractivity contribution in [1.82, 2.24) is 0 Å². The number of carbonyl (C=O) groups is 3. The summed E-state index contributed by atoms with van der Waals surface area (Å²) in [4.78, 5) is 31.3. The number of hydrogen-bond acceptors (Lipinski definition) is 7. The molecule has 0 atom stereocenters. The minimum atomic E-state index is -0.345. The van der Waals surface area contributed by atoms with Gasteiger partial charge in [0.15, 0.2) is 0 Å². The molecular weight excluding hydrogens is 268 g/mol. The summed E-state index contributed by atoms with van der Waals surface area (Å²) in [6.07, 6.45) is 0.421. The number of methoxy groups -OCH3 is 2. The van der Waals surface area contributed by atoms with Gasteiger partial charge in [0.2, 0.25) is 0 Å². The zero-order valence-corrected chi connectivity index (χ0v) is 12.6. The molecule has 7 nitrogen and oxygen atoms in total. The maximum Gasteiger partial charge on any atom is 0.306 e. The summed E-state index contributed by atoms with van der Waals surface area (Å²) in [5.74, 6) is -0.608. The molecule has 0 aliphatic rings. The van der Waals surface area contributed by atoms with Gasteiger partial charge in [-0.2, -0.15) is 0 Å². The Morgan fingerprint density at radius 3 is 1.65 bits per heavy atom. The number of ketones is 1. The van der Waals surface area contributed by atoms with Crippen LogP contribution in [0, 0.1) is 0 Å². The topological polar surface area (TPSA) is 88.1 Å². The van der Waals surface area contributed by atoms with Crippen molar-refractivity contribution in [2.24, 2.45) is 0 Å². The van der Waals surface area contributed by atoms with Crippen LogP contribution in [0.3, 0.4) is 0 Å². The van der Waals surface area contributed by atoms with Crippen LogP contribution in [-0.2, 0) is 33.3 Å². The number of Topliss-reactive ketones (excluding diaryl/α,β-unsaturated/α-hetero) is 1. The summed E-state index contributed by atoms with van der Waals surface area (Å²) >= 11 is 0. The Balaban J connectivity index is 0. The molecule has 0 bridgehead atoms. The minimum Gasteiger partial charge on any atom is -0.463 e. The molecule has 0 rings (SSSR count). The second-order valence-corrected chi connectivity index (χ2v) is 3.75. The number of rotatable bonds is 9. The Labute approximate surface area is 119 Å². The number of carbonyl (C=O) groups excluding carboxylic acids is 3. The van der Waals surface area contributed by atoms with E-state index in [1.165, 1.54) is 21.0 Å². The van der Waals surface area contributed by atoms with Crippen LogP contribution in [0.5, 0.6) is 0 Å². The van der Waals surface area contributed by atoms with Gasteiger partial charge in [-0.3, -0.25) is 9.59 Å². The first-order chi connectivity index (χ1) is 9.43. The van der Waals surface area contributed by atoms with Crippen LogP contribution in [0.2, 0.25) is 0 Å². The van der Waals surface area contributed by atoms with E-state index in [1.807, 2.05) is 0 Å². The Morgan fingerprint density at radius 1 is 0.750 bits per heavy atom. The third kappa shape index (κ3) is 21.8. The lowest BCUT2D eigenvalue weighted by Crippen LogP contribution is -2.10. The average molecular weight is 292 g/mol. The highest BCUT2D eigenvalue weighted by Crippen LogP contribution is 1.93. The normalized spacial score (nSPS) is 9.20. The highest BCUT2D eigenvalue weighted by molar-refractivity contribution is 5.80. The first-order valence-electron chi connectivity index (χ1n) is 6.20. The molecule has 0 spiro atoms. The van der Waals surface area contributed by atoms with Gasteiger partial charge < -0.3 is 23.7 Å². The molecule has 0 N–H and O–H groups in total. The summed E-state index contributed by atoms with van der Waals surface area (Å²) in [6, 6.07) is 0. The Morgan fingerprint density at radius 2 is 1.25 bits per heavy atom. The fourth-order valence-electron chi connectivity index (χ4n) is 0.858. The number of hydrogen-bond donors (Lipinski definition) is 0. The predicted molar refractivity (Wildman–Crippen MR) is 71.3 cm³/mol. The van der Waals surface area contributed by atoms with Gasteiger partial charge in [-0.15, -0.1) is 0 Å². The van der Waals surface area contributed by atoms with E-state index in [4.69, 9.17) is 4.74 Å². The van der Waals surface area contributed by atoms with Gasteiger partial charge in [-0.05, 0) is 6.92 Å². The van der Waals surface area contributed by atoms with Crippen molar-refractivity contribution in [3.8, 4) is 0 Å². The molecule has 118 valence electrons. The number of esters is 2. The maximum absolute atomic E-state index is 10.8. The average Bonchev–Trinajstić information content (AvgIpc) is 2.37. The van der Waals surface area contributed by atoms with E-state index in [2.05, 4.69) is 14.2 Å². The highest BCUT2D eigenvalue weighted by atomic mass is 16.6. The Bertz CT molecular complexity index is 276. The van der Waals surface area contributed by atoms with E-state index in [0.29, 0.717) is 19.8 Å². The lowest BCUT2D eigenvalue weighted by Gasteiger charge is -2.01. The van der Waals surface area contributed by atoms with Crippen molar-refractivity contribution < 1.29 is 33.3 Å². The standard InChI is InChI=1S/C8H14O4.C5H10O3/c1-7(9)3-4-8(10)12-6-5-11-2;1-5(6)8-4-3-7-2/h3-6H2,1-2H3;3-4H2,1-2H3. The molecule has 0 aromatic carbocycles. The fraction of sp³-hybridized carbons (Fsp3) is 0.769. The largest absolute Gasteiger partial charge is 0.463 e. The monoisotopic (exact) mass is 292 g/mol. The molecule has 7 heteroatoms. The zero-order chi connectivity index (χ0) is 15.8. The quantitative estimate of drug-likeness (QED) is 0.457. The molecule has 0 saturated heterocycles. The van der Waals surface area contributed by atoms with Crippen molar-refractivity contribution in [3.05, 3.63) is 0 Å². The van der Waals surface area contributed by atoms with Crippen molar-refractivity contribution in [2.45, 2.75) is 26.7 Å². The molecule has 0 fully saturated rings. The van der Waals surface area contributed by atoms with Gasteiger partial charge in [0.1, 0.15) is 19.0 Å². The van der Waals surface area contributed by atoms with Crippen LogP contribution in [0.15, 0.2) is 0 Å². The van der Waals surface area contributed by atoms with Gasteiger partial charge in [-0.25, -0.2) is 0 Å². The highest BCUT2D eigenvalue weighted by Gasteiger charge is 2.03. The van der Waals surface area contributed by atoms with E-state index in [-0.39, 0.29) is 37.2 Å². The fourth-order valence-corrected chi connectivity index (χ4v) is 0.858. The molecule has 0 amide bonds. The van der Waals surface area contributed by atoms with Gasteiger partial charge in [0.05, 0.1) is 19.6 Å². The van der Waals surface area contributed by atoms with E-state index in [1.54, 1.807) is 7.11 Å². The van der Waals surface area contributed by atoms with Crippen LogP contribution in [-0.4, -0.2) is 58.4 Å². The third-order valence-electron chi connectivity index (χ3n) is 1.82. The van der Waals surface area contributed by atoms with Gasteiger partial charge in [0, 0.05) is 27.6 Å². The van der Waals surface area contributed by atoms with Crippen LogP contribution in [0.1, 0.15) is 26.7 Å². The molecule has 0 radical (unpaired) electrons. The van der Waals surface area contributed by atoms with Crippen LogP contribution < -0.4 is 0 Å². The van der Waals surface area contributed by atoms with Crippen molar-refractivity contribution in [2.75, 3.05) is 40.6 Å². The molecule has 0 aliphatic heterocycles. The van der Waals surface area contributed by atoms with Gasteiger partial charge in [0.25, 0.3) is 0 Å². The van der Waals surface area contributed by atoms with E-state index < -0.39 is 0 Å². The SMILES string of the molecule is COCCOC(=O)CCC(C)=O.COCCOC(C)=O. The van der Waals surface area contributed by atoms with Crippen LogP contribution in [0.4, 0.5) is 0 Å². The van der Waals surface area contributed by atoms with E-state index >= 15 is 0 Å². The smallest absolute Gasteiger partial charge is 0.306 e. The summed E-state index contributed by atoms with van der Waals surface area (Å²) in [6.45, 7) is 4.29. The third-order valence-corrected chi connectivity index (χ3v) is 1.82. The van der Waals surface area contributed by atoms with Gasteiger partial charge >= 0.3 is 11.9 Å². The van der Waals surface area contributed by atoms with E-state index in [0.717, 1.165) is 0 Å². The molecule has 0 aliphatic carbocycles. The molecule has 0 unspecified atom stereocenters. The minimum absolute atomic E-state index is 0.00121. The second kappa shape index (κ2) is 15.6. The summed E-state index contributed by atoms with van der Waals surface area (Å²) in [7, 11) is 3.09. The van der Waals surface area contributed by atoms with E-state index in [9.17, 15) is 14.4 Å².